The van der Waals surface area contributed by atoms with Crippen molar-refractivity contribution in [1.82, 2.24) is 4.98 Å². The number of aliphatic imine (C=N–C) groups is 1. The molecule has 3 rings (SSSR count). The molecule has 0 saturated heterocycles. The van der Waals surface area contributed by atoms with Crippen molar-refractivity contribution in [1.29, 1.82) is 0 Å². The molecule has 8 heteroatoms. The molecule has 1 atom stereocenters. The third-order valence-corrected chi connectivity index (χ3v) is 5.50. The number of hydrogen-bond acceptors (Lipinski definition) is 4. The molecular formula is C24H24F4N2O2. The third kappa shape index (κ3) is 4.46. The first-order valence-electron chi connectivity index (χ1n) is 9.90. The molecule has 0 aliphatic rings. The number of aryl methyl sites for hydroxylation is 1. The van der Waals surface area contributed by atoms with Crippen LogP contribution in [0.25, 0.3) is 10.8 Å². The van der Waals surface area contributed by atoms with Crippen LogP contribution in [-0.2, 0) is 5.41 Å². The third-order valence-electron chi connectivity index (χ3n) is 5.50. The van der Waals surface area contributed by atoms with E-state index < -0.39 is 29.4 Å². The van der Waals surface area contributed by atoms with E-state index in [2.05, 4.69) is 9.98 Å². The molecule has 0 spiro atoms. The second-order valence-corrected chi connectivity index (χ2v) is 8.39. The van der Waals surface area contributed by atoms with Gasteiger partial charge in [-0.25, -0.2) is 4.39 Å². The van der Waals surface area contributed by atoms with Gasteiger partial charge >= 0.3 is 6.18 Å². The minimum atomic E-state index is -5.02. The van der Waals surface area contributed by atoms with Crippen LogP contribution in [0.1, 0.15) is 31.4 Å². The smallest absolute Gasteiger partial charge is 0.422 e. The second-order valence-electron chi connectivity index (χ2n) is 8.39. The highest BCUT2D eigenvalue weighted by molar-refractivity contribution is 5.93. The first-order valence-corrected chi connectivity index (χ1v) is 9.90. The van der Waals surface area contributed by atoms with E-state index in [1.165, 1.54) is 46.2 Å². The van der Waals surface area contributed by atoms with E-state index in [0.717, 1.165) is 0 Å². The van der Waals surface area contributed by atoms with Gasteiger partial charge in [-0.3, -0.25) is 9.98 Å². The van der Waals surface area contributed by atoms with Crippen LogP contribution in [0.3, 0.4) is 0 Å². The Morgan fingerprint density at radius 3 is 2.50 bits per heavy atom. The van der Waals surface area contributed by atoms with Crippen LogP contribution >= 0.6 is 0 Å². The number of halogens is 4. The van der Waals surface area contributed by atoms with E-state index in [0.29, 0.717) is 22.6 Å². The molecule has 1 aromatic heterocycles. The average Bonchev–Trinajstić information content (AvgIpc) is 2.72. The molecule has 0 amide bonds. The van der Waals surface area contributed by atoms with Crippen LogP contribution in [0.4, 0.5) is 23.2 Å². The van der Waals surface area contributed by atoms with E-state index in [1.54, 1.807) is 30.5 Å². The van der Waals surface area contributed by atoms with Crippen molar-refractivity contribution in [2.24, 2.45) is 4.99 Å². The van der Waals surface area contributed by atoms with Crippen molar-refractivity contribution >= 4 is 22.7 Å². The summed E-state index contributed by atoms with van der Waals surface area (Å²) >= 11 is 0. The molecular weight excluding hydrogens is 424 g/mol. The minimum absolute atomic E-state index is 0.141. The van der Waals surface area contributed by atoms with Crippen molar-refractivity contribution in [2.75, 3.05) is 7.11 Å². The van der Waals surface area contributed by atoms with Crippen LogP contribution in [0.15, 0.2) is 53.8 Å². The van der Waals surface area contributed by atoms with E-state index in [-0.39, 0.29) is 17.0 Å². The van der Waals surface area contributed by atoms with Crippen LogP contribution in [0.5, 0.6) is 5.75 Å². The van der Waals surface area contributed by atoms with Crippen molar-refractivity contribution in [3.63, 3.8) is 0 Å². The predicted molar refractivity (Wildman–Crippen MR) is 116 cm³/mol. The van der Waals surface area contributed by atoms with Gasteiger partial charge in [0.2, 0.25) is 0 Å². The van der Waals surface area contributed by atoms with Gasteiger partial charge in [-0.2, -0.15) is 13.2 Å². The van der Waals surface area contributed by atoms with Gasteiger partial charge in [-0.1, -0.05) is 38.1 Å². The number of rotatable bonds is 6. The first-order chi connectivity index (χ1) is 14.9. The Balaban J connectivity index is 2.05. The lowest BCUT2D eigenvalue weighted by Gasteiger charge is -2.36. The highest BCUT2D eigenvalue weighted by atomic mass is 19.4. The number of benzene rings is 2. The molecule has 0 fully saturated rings. The van der Waals surface area contributed by atoms with Gasteiger partial charge in [-0.05, 0) is 36.5 Å². The average molecular weight is 448 g/mol. The second kappa shape index (κ2) is 8.50. The summed E-state index contributed by atoms with van der Waals surface area (Å²) in [5.41, 5.74) is -3.78. The lowest BCUT2D eigenvalue weighted by Crippen LogP contribution is -2.50. The molecule has 1 unspecified atom stereocenters. The molecule has 1 heterocycles. The van der Waals surface area contributed by atoms with Crippen LogP contribution in [0.2, 0.25) is 0 Å². The molecule has 0 radical (unpaired) electrons. The molecule has 0 saturated carbocycles. The summed E-state index contributed by atoms with van der Waals surface area (Å²) in [4.78, 5) is 7.99. The lowest BCUT2D eigenvalue weighted by molar-refractivity contribution is -0.234. The SMILES string of the molecule is COc1c(C(C)(C)CC(O)(C=Nc2cccc3cnccc23)C(F)(F)F)ccc(C)c1F. The summed E-state index contributed by atoms with van der Waals surface area (Å²) in [5, 5.41) is 12.1. The molecule has 4 nitrogen and oxygen atoms in total. The summed E-state index contributed by atoms with van der Waals surface area (Å²) < 4.78 is 61.8. The Kier molecular flexibility index (Phi) is 6.29. The number of hydrogen-bond donors (Lipinski definition) is 1. The van der Waals surface area contributed by atoms with Gasteiger partial charge in [0.25, 0.3) is 0 Å². The Hall–Kier alpha value is -3.00. The number of fused-ring (bicyclic) bond motifs is 1. The van der Waals surface area contributed by atoms with Gasteiger partial charge < -0.3 is 9.84 Å². The Bertz CT molecular complexity index is 1150. The molecule has 2 aromatic carbocycles. The number of aromatic nitrogens is 1. The van der Waals surface area contributed by atoms with E-state index in [4.69, 9.17) is 4.74 Å². The molecule has 0 aliphatic carbocycles. The fourth-order valence-electron chi connectivity index (χ4n) is 3.77. The number of nitrogens with zero attached hydrogens (tertiary/aromatic N) is 2. The predicted octanol–water partition coefficient (Wildman–Crippen LogP) is 6.05. The van der Waals surface area contributed by atoms with E-state index >= 15 is 0 Å². The van der Waals surface area contributed by atoms with E-state index in [9.17, 15) is 22.7 Å². The number of ether oxygens (including phenoxy) is 1. The van der Waals surface area contributed by atoms with E-state index in [1.807, 2.05) is 0 Å². The maximum Gasteiger partial charge on any atom is 0.422 e. The van der Waals surface area contributed by atoms with Crippen LogP contribution in [0, 0.1) is 12.7 Å². The molecule has 1 N–H and O–H groups in total. The van der Waals surface area contributed by atoms with Crippen LogP contribution in [-0.4, -0.2) is 35.2 Å². The summed E-state index contributed by atoms with van der Waals surface area (Å²) in [5.74, 6) is -0.787. The minimum Gasteiger partial charge on any atom is -0.493 e. The lowest BCUT2D eigenvalue weighted by atomic mass is 9.74. The number of pyridine rings is 1. The van der Waals surface area contributed by atoms with Gasteiger partial charge in [0.1, 0.15) is 0 Å². The van der Waals surface area contributed by atoms with Gasteiger partial charge in [0.15, 0.2) is 17.2 Å². The monoisotopic (exact) mass is 448 g/mol. The van der Waals surface area contributed by atoms with Crippen LogP contribution < -0.4 is 4.74 Å². The zero-order valence-corrected chi connectivity index (χ0v) is 18.2. The molecule has 0 aliphatic heterocycles. The largest absolute Gasteiger partial charge is 0.493 e. The molecule has 3 aromatic rings. The van der Waals surface area contributed by atoms with Crippen molar-refractivity contribution in [3.8, 4) is 5.75 Å². The molecule has 32 heavy (non-hydrogen) atoms. The van der Waals surface area contributed by atoms with Crippen molar-refractivity contribution < 1.29 is 27.4 Å². The summed E-state index contributed by atoms with van der Waals surface area (Å²) in [6, 6.07) is 9.59. The van der Waals surface area contributed by atoms with Crippen molar-refractivity contribution in [3.05, 3.63) is 65.7 Å². The Morgan fingerprint density at radius 2 is 1.84 bits per heavy atom. The summed E-state index contributed by atoms with van der Waals surface area (Å²) in [6.45, 7) is 4.52. The van der Waals surface area contributed by atoms with Gasteiger partial charge in [-0.15, -0.1) is 0 Å². The molecule has 170 valence electrons. The highest BCUT2D eigenvalue weighted by Crippen LogP contribution is 2.44. The van der Waals surface area contributed by atoms with Crippen molar-refractivity contribution in [2.45, 2.75) is 44.4 Å². The maximum atomic E-state index is 14.5. The molecule has 0 bridgehead atoms. The zero-order chi connectivity index (χ0) is 23.7. The summed E-state index contributed by atoms with van der Waals surface area (Å²) in [7, 11) is 1.25. The fraction of sp³-hybridized carbons (Fsp3) is 0.333. The topological polar surface area (TPSA) is 54.7 Å². The number of aliphatic hydroxyl groups is 1. The fourth-order valence-corrected chi connectivity index (χ4v) is 3.77. The Morgan fingerprint density at radius 1 is 1.12 bits per heavy atom. The number of methoxy groups -OCH3 is 1. The summed E-state index contributed by atoms with van der Waals surface area (Å²) in [6.07, 6.45) is -2.21. The Labute approximate surface area is 183 Å². The zero-order valence-electron chi connectivity index (χ0n) is 18.2. The van der Waals surface area contributed by atoms with Gasteiger partial charge in [0, 0.05) is 34.9 Å². The standard InChI is InChI=1S/C24H24F4N2O2/c1-15-8-9-18(21(32-4)20(15)25)22(2,3)13-23(31,24(26,27)28)14-30-19-7-5-6-16-12-29-11-10-17(16)19/h5-12,14,31H,13H2,1-4H3. The highest BCUT2D eigenvalue weighted by Gasteiger charge is 2.55. The van der Waals surface area contributed by atoms with Gasteiger partial charge in [0.05, 0.1) is 12.8 Å². The normalized spacial score (nSPS) is 14.7. The first kappa shape index (κ1) is 23.7. The maximum absolute atomic E-state index is 14.5. The number of alkyl halides is 3. The quantitative estimate of drug-likeness (QED) is 0.369.